The molecule has 0 atom stereocenters. The minimum absolute atomic E-state index is 0.280. The fourth-order valence-electron chi connectivity index (χ4n) is 3.06. The van der Waals surface area contributed by atoms with Crippen LogP contribution >= 0.6 is 34.5 Å². The van der Waals surface area contributed by atoms with Crippen LogP contribution in [0, 0.1) is 0 Å². The molecule has 0 bridgehead atoms. The molecule has 8 heteroatoms. The number of benzene rings is 3. The summed E-state index contributed by atoms with van der Waals surface area (Å²) in [5.41, 5.74) is 6.56. The molecular weight excluding hydrogens is 477 g/mol. The van der Waals surface area contributed by atoms with Crippen molar-refractivity contribution >= 4 is 45.9 Å². The number of hydrogen-bond donors (Lipinski definition) is 1. The maximum Gasteiger partial charge on any atom is 0.203 e. The lowest BCUT2D eigenvalue weighted by Gasteiger charge is -2.15. The van der Waals surface area contributed by atoms with Gasteiger partial charge in [-0.2, -0.15) is 5.10 Å². The van der Waals surface area contributed by atoms with E-state index < -0.39 is 0 Å². The lowest BCUT2D eigenvalue weighted by molar-refractivity contribution is 0.269. The van der Waals surface area contributed by atoms with E-state index in [0.29, 0.717) is 33.3 Å². The zero-order chi connectivity index (χ0) is 23.0. The molecule has 0 aliphatic heterocycles. The number of nitrogens with zero attached hydrogens (tertiary/aromatic N) is 2. The van der Waals surface area contributed by atoms with Crippen LogP contribution in [0.2, 0.25) is 10.0 Å². The van der Waals surface area contributed by atoms with E-state index in [0.717, 1.165) is 22.4 Å². The minimum atomic E-state index is 0.280. The van der Waals surface area contributed by atoms with Crippen molar-refractivity contribution in [3.05, 3.63) is 93.3 Å². The Balaban J connectivity index is 1.46. The van der Waals surface area contributed by atoms with Crippen LogP contribution in [-0.4, -0.2) is 17.8 Å². The molecule has 0 saturated heterocycles. The first-order valence-corrected chi connectivity index (χ1v) is 11.9. The Morgan fingerprint density at radius 3 is 2.58 bits per heavy atom. The molecule has 5 nitrogen and oxygen atoms in total. The Hall–Kier alpha value is -3.06. The van der Waals surface area contributed by atoms with Gasteiger partial charge < -0.3 is 9.47 Å². The van der Waals surface area contributed by atoms with Crippen molar-refractivity contribution in [2.45, 2.75) is 13.5 Å². The van der Waals surface area contributed by atoms with Gasteiger partial charge in [-0.3, -0.25) is 5.43 Å². The second-order valence-corrected chi connectivity index (χ2v) is 8.59. The van der Waals surface area contributed by atoms with Crippen molar-refractivity contribution in [1.29, 1.82) is 0 Å². The summed E-state index contributed by atoms with van der Waals surface area (Å²) in [5.74, 6) is 1.01. The predicted octanol–water partition coefficient (Wildman–Crippen LogP) is 7.54. The number of nitrogens with one attached hydrogen (secondary N) is 1. The standard InChI is InChI=1S/C25H21Cl2N3O2S/c1-2-31-23-13-17(12-21(27)24(23)32-15-19-10-6-7-11-20(19)26)14-28-30-25-29-22(16-33-25)18-8-4-3-5-9-18/h3-14,16H,2,15H2,1H3,(H,29,30). The van der Waals surface area contributed by atoms with Crippen LogP contribution in [0.15, 0.2) is 77.2 Å². The van der Waals surface area contributed by atoms with E-state index in [4.69, 9.17) is 32.7 Å². The molecule has 4 rings (SSSR count). The van der Waals surface area contributed by atoms with Crippen LogP contribution in [0.4, 0.5) is 5.13 Å². The molecule has 4 aromatic rings. The molecule has 33 heavy (non-hydrogen) atoms. The topological polar surface area (TPSA) is 55.7 Å². The Bertz CT molecular complexity index is 1250. The van der Waals surface area contributed by atoms with Crippen LogP contribution in [0.1, 0.15) is 18.1 Å². The summed E-state index contributed by atoms with van der Waals surface area (Å²) in [5, 5.41) is 8.04. The molecule has 0 fully saturated rings. The van der Waals surface area contributed by atoms with E-state index in [1.807, 2.05) is 73.0 Å². The first-order chi connectivity index (χ1) is 16.1. The van der Waals surface area contributed by atoms with Crippen molar-refractivity contribution in [2.24, 2.45) is 5.10 Å². The van der Waals surface area contributed by atoms with Crippen LogP contribution in [0.3, 0.4) is 0 Å². The lowest BCUT2D eigenvalue weighted by atomic mass is 10.2. The van der Waals surface area contributed by atoms with Gasteiger partial charge in [0.2, 0.25) is 5.13 Å². The van der Waals surface area contributed by atoms with Gasteiger partial charge in [0.25, 0.3) is 0 Å². The van der Waals surface area contributed by atoms with Crippen molar-refractivity contribution in [1.82, 2.24) is 4.98 Å². The normalized spacial score (nSPS) is 11.0. The van der Waals surface area contributed by atoms with Gasteiger partial charge in [0.05, 0.1) is 23.5 Å². The van der Waals surface area contributed by atoms with Gasteiger partial charge in [-0.25, -0.2) is 4.98 Å². The summed E-state index contributed by atoms with van der Waals surface area (Å²) in [6.45, 7) is 2.65. The molecule has 3 aromatic carbocycles. The molecule has 0 spiro atoms. The van der Waals surface area contributed by atoms with Gasteiger partial charge in [-0.05, 0) is 30.7 Å². The molecule has 168 valence electrons. The highest BCUT2D eigenvalue weighted by Gasteiger charge is 2.13. The van der Waals surface area contributed by atoms with E-state index in [9.17, 15) is 0 Å². The summed E-state index contributed by atoms with van der Waals surface area (Å²) in [4.78, 5) is 4.56. The van der Waals surface area contributed by atoms with Crippen LogP contribution in [0.25, 0.3) is 11.3 Å². The third kappa shape index (κ3) is 6.05. The average molecular weight is 498 g/mol. The molecule has 0 radical (unpaired) electrons. The quantitative estimate of drug-likeness (QED) is 0.191. The zero-order valence-electron chi connectivity index (χ0n) is 17.8. The van der Waals surface area contributed by atoms with Gasteiger partial charge in [-0.15, -0.1) is 11.3 Å². The maximum absolute atomic E-state index is 6.51. The number of hydrazone groups is 1. The fourth-order valence-corrected chi connectivity index (χ4v) is 4.19. The second-order valence-electron chi connectivity index (χ2n) is 6.92. The SMILES string of the molecule is CCOc1cc(C=NNc2nc(-c3ccccc3)cs2)cc(Cl)c1OCc1ccccc1Cl. The van der Waals surface area contributed by atoms with E-state index in [1.165, 1.54) is 11.3 Å². The highest BCUT2D eigenvalue weighted by Crippen LogP contribution is 2.37. The number of halogens is 2. The minimum Gasteiger partial charge on any atom is -0.490 e. The molecule has 0 amide bonds. The predicted molar refractivity (Wildman–Crippen MR) is 137 cm³/mol. The highest BCUT2D eigenvalue weighted by molar-refractivity contribution is 7.14. The van der Waals surface area contributed by atoms with Crippen LogP contribution < -0.4 is 14.9 Å². The monoisotopic (exact) mass is 497 g/mol. The first kappa shape index (κ1) is 23.1. The first-order valence-electron chi connectivity index (χ1n) is 10.3. The summed E-state index contributed by atoms with van der Waals surface area (Å²) in [6.07, 6.45) is 1.66. The number of anilines is 1. The Morgan fingerprint density at radius 1 is 1.00 bits per heavy atom. The fraction of sp³-hybridized carbons (Fsp3) is 0.120. The number of ether oxygens (including phenoxy) is 2. The summed E-state index contributed by atoms with van der Waals surface area (Å²) >= 11 is 14.2. The van der Waals surface area contributed by atoms with E-state index in [2.05, 4.69) is 15.5 Å². The van der Waals surface area contributed by atoms with Gasteiger partial charge >= 0.3 is 0 Å². The molecule has 0 unspecified atom stereocenters. The molecule has 1 aromatic heterocycles. The van der Waals surface area contributed by atoms with Crippen LogP contribution in [0.5, 0.6) is 11.5 Å². The maximum atomic E-state index is 6.51. The average Bonchev–Trinajstić information content (AvgIpc) is 3.29. The number of hydrogen-bond acceptors (Lipinski definition) is 6. The smallest absolute Gasteiger partial charge is 0.203 e. The zero-order valence-corrected chi connectivity index (χ0v) is 20.1. The number of aromatic nitrogens is 1. The Kier molecular flexibility index (Phi) is 7.83. The van der Waals surface area contributed by atoms with Crippen molar-refractivity contribution in [3.63, 3.8) is 0 Å². The largest absolute Gasteiger partial charge is 0.490 e. The summed E-state index contributed by atoms with van der Waals surface area (Å²) in [6, 6.07) is 21.1. The molecule has 1 N–H and O–H groups in total. The third-order valence-electron chi connectivity index (χ3n) is 4.61. The number of thiazole rings is 1. The van der Waals surface area contributed by atoms with Gasteiger partial charge in [0.15, 0.2) is 11.5 Å². The van der Waals surface area contributed by atoms with Crippen molar-refractivity contribution < 1.29 is 9.47 Å². The Morgan fingerprint density at radius 2 is 1.79 bits per heavy atom. The highest BCUT2D eigenvalue weighted by atomic mass is 35.5. The van der Waals surface area contributed by atoms with Gasteiger partial charge in [0, 0.05) is 21.5 Å². The van der Waals surface area contributed by atoms with Gasteiger partial charge in [-0.1, -0.05) is 71.7 Å². The second kappa shape index (κ2) is 11.2. The number of rotatable bonds is 9. The summed E-state index contributed by atoms with van der Waals surface area (Å²) < 4.78 is 11.7. The van der Waals surface area contributed by atoms with E-state index in [1.54, 1.807) is 12.3 Å². The molecule has 0 saturated carbocycles. The molecule has 1 heterocycles. The van der Waals surface area contributed by atoms with E-state index >= 15 is 0 Å². The lowest BCUT2D eigenvalue weighted by Crippen LogP contribution is -2.02. The molecular formula is C25H21Cl2N3O2S. The van der Waals surface area contributed by atoms with E-state index in [-0.39, 0.29) is 6.61 Å². The van der Waals surface area contributed by atoms with Gasteiger partial charge in [0.1, 0.15) is 6.61 Å². The van der Waals surface area contributed by atoms with Crippen LogP contribution in [-0.2, 0) is 6.61 Å². The molecule has 0 aliphatic rings. The van der Waals surface area contributed by atoms with Crippen molar-refractivity contribution in [3.8, 4) is 22.8 Å². The molecule has 0 aliphatic carbocycles. The third-order valence-corrected chi connectivity index (χ3v) is 6.01. The Labute approximate surface area is 206 Å². The summed E-state index contributed by atoms with van der Waals surface area (Å²) in [7, 11) is 0. The van der Waals surface area contributed by atoms with Crippen molar-refractivity contribution in [2.75, 3.05) is 12.0 Å².